The number of rotatable bonds is 7. The smallest absolute Gasteiger partial charge is 0.299 e. The number of benzene rings is 1. The Hall–Kier alpha value is -3.70. The number of carbonyl (C=O) groups is 1. The molecule has 3 aromatic rings. The van der Waals surface area contributed by atoms with Crippen LogP contribution in [0.15, 0.2) is 53.5 Å². The van der Waals surface area contributed by atoms with E-state index in [2.05, 4.69) is 10.1 Å². The van der Waals surface area contributed by atoms with E-state index >= 15 is 0 Å². The van der Waals surface area contributed by atoms with Gasteiger partial charge in [0.25, 0.3) is 5.56 Å². The predicted octanol–water partition coefficient (Wildman–Crippen LogP) is 6.90. The Balaban J connectivity index is 0.000000496. The van der Waals surface area contributed by atoms with E-state index in [1.807, 2.05) is 13.0 Å². The highest BCUT2D eigenvalue weighted by molar-refractivity contribution is 5.91. The van der Waals surface area contributed by atoms with Gasteiger partial charge < -0.3 is 0 Å². The Kier molecular flexibility index (Phi) is 11.1. The van der Waals surface area contributed by atoms with E-state index in [1.165, 1.54) is 31.4 Å². The van der Waals surface area contributed by atoms with Gasteiger partial charge in [-0.15, -0.1) is 0 Å². The maximum Gasteiger partial charge on any atom is 0.418 e. The molecule has 41 heavy (non-hydrogen) atoms. The molecule has 1 saturated carbocycles. The highest BCUT2D eigenvalue weighted by Gasteiger charge is 2.34. The molecule has 0 spiro atoms. The highest BCUT2D eigenvalue weighted by Crippen LogP contribution is 2.33. The lowest BCUT2D eigenvalue weighted by Gasteiger charge is -2.24. The van der Waals surface area contributed by atoms with Crippen molar-refractivity contribution in [1.82, 2.24) is 14.8 Å². The molecule has 0 radical (unpaired) electrons. The molecule has 1 aromatic carbocycles. The van der Waals surface area contributed by atoms with E-state index in [0.29, 0.717) is 5.56 Å². The number of alkyl halides is 5. The molecule has 1 amide bonds. The number of carbonyl (C=O) groups excluding carboxylic acids is 1. The van der Waals surface area contributed by atoms with Gasteiger partial charge in [-0.1, -0.05) is 31.4 Å². The van der Waals surface area contributed by atoms with Gasteiger partial charge in [-0.2, -0.15) is 18.3 Å². The summed E-state index contributed by atoms with van der Waals surface area (Å²) in [7, 11) is 1.34. The molecule has 1 fully saturated rings. The summed E-state index contributed by atoms with van der Waals surface area (Å²) in [6.45, 7) is 1.32. The van der Waals surface area contributed by atoms with Gasteiger partial charge in [0.15, 0.2) is 5.82 Å². The van der Waals surface area contributed by atoms with E-state index in [9.17, 15) is 35.9 Å². The number of aromatic nitrogens is 3. The zero-order valence-electron chi connectivity index (χ0n) is 22.8. The van der Waals surface area contributed by atoms with Crippen LogP contribution in [0, 0.1) is 12.7 Å². The van der Waals surface area contributed by atoms with Gasteiger partial charge in [0.05, 0.1) is 17.8 Å². The number of hydrogen-bond donors (Lipinski definition) is 0. The molecule has 4 rings (SSSR count). The van der Waals surface area contributed by atoms with Crippen molar-refractivity contribution in [2.45, 2.75) is 76.9 Å². The van der Waals surface area contributed by atoms with Gasteiger partial charge in [-0.05, 0) is 61.6 Å². The third-order valence-corrected chi connectivity index (χ3v) is 6.80. The van der Waals surface area contributed by atoms with E-state index in [0.717, 1.165) is 59.4 Å². The number of halogens is 6. The lowest BCUT2D eigenvalue weighted by atomic mass is 9.85. The lowest BCUT2D eigenvalue weighted by molar-refractivity contribution is -0.138. The van der Waals surface area contributed by atoms with Crippen molar-refractivity contribution in [3.05, 3.63) is 87.2 Å². The first-order valence-corrected chi connectivity index (χ1v) is 13.3. The fraction of sp³-hybridized carbons (Fsp3) is 0.448. The topological polar surface area (TPSA) is 68.1 Å². The van der Waals surface area contributed by atoms with Gasteiger partial charge in [0, 0.05) is 31.6 Å². The van der Waals surface area contributed by atoms with E-state index in [4.69, 9.17) is 0 Å². The van der Waals surface area contributed by atoms with Crippen LogP contribution in [0.5, 0.6) is 0 Å². The highest BCUT2D eigenvalue weighted by atomic mass is 19.4. The quantitative estimate of drug-likeness (QED) is 0.285. The number of aryl methyl sites for hydroxylation is 1. The molecule has 1 aliphatic carbocycles. The zero-order valence-corrected chi connectivity index (χ0v) is 22.8. The van der Waals surface area contributed by atoms with Crippen molar-refractivity contribution < 1.29 is 31.1 Å². The van der Waals surface area contributed by atoms with Crippen molar-refractivity contribution in [3.8, 4) is 0 Å². The number of hydrogen-bond acceptors (Lipinski definition) is 4. The summed E-state index contributed by atoms with van der Waals surface area (Å²) in [5.74, 6) is -0.880. The molecule has 2 heterocycles. The predicted molar refractivity (Wildman–Crippen MR) is 142 cm³/mol. The fourth-order valence-electron chi connectivity index (χ4n) is 4.62. The van der Waals surface area contributed by atoms with E-state index in [-0.39, 0.29) is 23.2 Å². The Labute approximate surface area is 234 Å². The Morgan fingerprint density at radius 1 is 1.10 bits per heavy atom. The van der Waals surface area contributed by atoms with Crippen LogP contribution in [0.3, 0.4) is 0 Å². The van der Waals surface area contributed by atoms with Crippen molar-refractivity contribution in [2.24, 2.45) is 0 Å². The van der Waals surface area contributed by atoms with Crippen LogP contribution in [-0.2, 0) is 17.5 Å². The zero-order chi connectivity index (χ0) is 30.2. The second kappa shape index (κ2) is 14.3. The number of anilines is 1. The normalized spacial score (nSPS) is 14.0. The SMILES string of the molecule is CN(C(=O)CCC(F)F)c1cc(C2CCCCC2)c(=O)n(Cc2ncccc2C(F)(F)F)n1.Cc1cccc(F)c1. The average Bonchev–Trinajstić information content (AvgIpc) is 2.93. The molecule has 0 unspecified atom stereocenters. The Morgan fingerprint density at radius 3 is 2.39 bits per heavy atom. The van der Waals surface area contributed by atoms with Crippen LogP contribution in [-0.4, -0.2) is 34.1 Å². The molecule has 0 atom stereocenters. The van der Waals surface area contributed by atoms with Gasteiger partial charge in [-0.3, -0.25) is 19.5 Å². The van der Waals surface area contributed by atoms with Crippen molar-refractivity contribution in [1.29, 1.82) is 0 Å². The second-order valence-corrected chi connectivity index (χ2v) is 9.93. The van der Waals surface area contributed by atoms with Crippen LogP contribution in [0.4, 0.5) is 32.2 Å². The first-order valence-electron chi connectivity index (χ1n) is 13.3. The molecule has 0 N–H and O–H groups in total. The minimum absolute atomic E-state index is 0.0268. The third kappa shape index (κ3) is 9.15. The van der Waals surface area contributed by atoms with Crippen LogP contribution in [0.2, 0.25) is 0 Å². The molecular formula is C29H32F6N4O2. The Bertz CT molecular complexity index is 1350. The molecule has 2 aromatic heterocycles. The monoisotopic (exact) mass is 582 g/mol. The summed E-state index contributed by atoms with van der Waals surface area (Å²) in [5, 5.41) is 4.11. The summed E-state index contributed by atoms with van der Waals surface area (Å²) in [6, 6.07) is 9.99. The molecule has 12 heteroatoms. The van der Waals surface area contributed by atoms with E-state index in [1.54, 1.807) is 6.07 Å². The van der Waals surface area contributed by atoms with Crippen LogP contribution >= 0.6 is 0 Å². The van der Waals surface area contributed by atoms with Gasteiger partial charge in [-0.25, -0.2) is 17.9 Å². The lowest BCUT2D eigenvalue weighted by Crippen LogP contribution is -2.34. The summed E-state index contributed by atoms with van der Waals surface area (Å²) in [6.07, 6.45) is -2.86. The maximum atomic E-state index is 13.4. The molecular weight excluding hydrogens is 550 g/mol. The first-order chi connectivity index (χ1) is 19.4. The minimum atomic E-state index is -4.67. The van der Waals surface area contributed by atoms with Crippen molar-refractivity contribution in [2.75, 3.05) is 11.9 Å². The summed E-state index contributed by atoms with van der Waals surface area (Å²) < 4.78 is 78.4. The summed E-state index contributed by atoms with van der Waals surface area (Å²) in [4.78, 5) is 30.4. The fourth-order valence-corrected chi connectivity index (χ4v) is 4.62. The third-order valence-electron chi connectivity index (χ3n) is 6.80. The maximum absolute atomic E-state index is 13.4. The summed E-state index contributed by atoms with van der Waals surface area (Å²) >= 11 is 0. The van der Waals surface area contributed by atoms with Gasteiger partial charge in [0.1, 0.15) is 5.82 Å². The van der Waals surface area contributed by atoms with Crippen LogP contribution in [0.25, 0.3) is 0 Å². The second-order valence-electron chi connectivity index (χ2n) is 9.93. The minimum Gasteiger partial charge on any atom is -0.299 e. The first kappa shape index (κ1) is 31.8. The molecule has 6 nitrogen and oxygen atoms in total. The number of pyridine rings is 1. The van der Waals surface area contributed by atoms with E-state index < -0.39 is 49.0 Å². The number of amides is 1. The molecule has 0 aliphatic heterocycles. The Morgan fingerprint density at radius 2 is 1.80 bits per heavy atom. The summed E-state index contributed by atoms with van der Waals surface area (Å²) in [5.41, 5.74) is -0.580. The molecule has 0 saturated heterocycles. The van der Waals surface area contributed by atoms with Crippen molar-refractivity contribution >= 4 is 11.7 Å². The molecule has 0 bridgehead atoms. The van der Waals surface area contributed by atoms with Gasteiger partial charge >= 0.3 is 6.18 Å². The van der Waals surface area contributed by atoms with Gasteiger partial charge in [0.2, 0.25) is 12.3 Å². The average molecular weight is 583 g/mol. The largest absolute Gasteiger partial charge is 0.418 e. The van der Waals surface area contributed by atoms with Crippen molar-refractivity contribution in [3.63, 3.8) is 0 Å². The van der Waals surface area contributed by atoms with Crippen LogP contribution < -0.4 is 10.5 Å². The molecule has 222 valence electrons. The number of nitrogens with zero attached hydrogens (tertiary/aromatic N) is 4. The standard InChI is InChI=1S/C22H25F5N4O2.C7H7F/c1-30(20(32)10-9-18(23)24)19-12-15(14-6-3-2-4-7-14)21(33)31(29-19)13-17-16(22(25,26)27)8-5-11-28-17;1-6-3-2-4-7(8)5-6/h5,8,11-12,14,18H,2-4,6-7,9-10,13H2,1H3;2-5H,1H3. The molecule has 1 aliphatic rings. The van der Waals surface area contributed by atoms with Crippen LogP contribution in [0.1, 0.15) is 73.2 Å².